The number of aromatic nitrogens is 2. The van der Waals surface area contributed by atoms with Crippen molar-refractivity contribution in [3.05, 3.63) is 42.2 Å². The minimum absolute atomic E-state index is 0. The Hall–Kier alpha value is -2.05. The molecule has 0 saturated carbocycles. The highest BCUT2D eigenvalue weighted by atomic mass is 35.5. The second-order valence-electron chi connectivity index (χ2n) is 6.96. The van der Waals surface area contributed by atoms with Crippen molar-refractivity contribution in [1.29, 1.82) is 0 Å². The molecule has 2 heterocycles. The highest BCUT2D eigenvalue weighted by molar-refractivity contribution is 5.95. The van der Waals surface area contributed by atoms with Crippen molar-refractivity contribution < 1.29 is 9.53 Å². The lowest BCUT2D eigenvalue weighted by Gasteiger charge is -2.22. The van der Waals surface area contributed by atoms with Crippen LogP contribution in [0.2, 0.25) is 0 Å². The van der Waals surface area contributed by atoms with Gasteiger partial charge in [0.1, 0.15) is 0 Å². The van der Waals surface area contributed by atoms with Crippen molar-refractivity contribution >= 4 is 18.3 Å². The molecule has 1 unspecified atom stereocenters. The largest absolute Gasteiger partial charge is 0.489 e. The van der Waals surface area contributed by atoms with Crippen LogP contribution in [0.4, 0.5) is 0 Å². The zero-order valence-electron chi connectivity index (χ0n) is 15.4. The van der Waals surface area contributed by atoms with E-state index in [0.717, 1.165) is 18.5 Å². The molecule has 0 spiro atoms. The van der Waals surface area contributed by atoms with Gasteiger partial charge in [-0.25, -0.2) is 4.68 Å². The van der Waals surface area contributed by atoms with E-state index >= 15 is 0 Å². The number of hydrogen-bond acceptors (Lipinski definition) is 4. The zero-order chi connectivity index (χ0) is 17.9. The van der Waals surface area contributed by atoms with Crippen LogP contribution in [0, 0.1) is 5.41 Å². The first-order chi connectivity index (χ1) is 12.1. The number of likely N-dealkylation sites (tertiary alicyclic amines) is 1. The third kappa shape index (κ3) is 4.19. The second kappa shape index (κ2) is 8.56. The van der Waals surface area contributed by atoms with Crippen LogP contribution in [0.1, 0.15) is 37.2 Å². The Morgan fingerprint density at radius 3 is 2.69 bits per heavy atom. The number of nitrogens with two attached hydrogens (primary N) is 1. The van der Waals surface area contributed by atoms with Crippen molar-refractivity contribution in [2.45, 2.75) is 26.7 Å². The van der Waals surface area contributed by atoms with Gasteiger partial charge >= 0.3 is 0 Å². The molecular weight excluding hydrogens is 352 g/mol. The lowest BCUT2D eigenvalue weighted by molar-refractivity contribution is 0.0766. The third-order valence-corrected chi connectivity index (χ3v) is 4.70. The lowest BCUT2D eigenvalue weighted by atomic mass is 9.90. The molecule has 1 saturated heterocycles. The van der Waals surface area contributed by atoms with Gasteiger partial charge in [-0.15, -0.1) is 12.4 Å². The van der Waals surface area contributed by atoms with Crippen molar-refractivity contribution in [1.82, 2.24) is 14.7 Å². The van der Waals surface area contributed by atoms with Crippen molar-refractivity contribution in [2.75, 3.05) is 26.2 Å². The van der Waals surface area contributed by atoms with Crippen molar-refractivity contribution in [3.63, 3.8) is 0 Å². The molecular formula is C19H27ClN4O2. The molecule has 1 aromatic carbocycles. The Balaban J connectivity index is 0.00000243. The van der Waals surface area contributed by atoms with E-state index in [0.29, 0.717) is 37.7 Å². The molecule has 1 amide bonds. The van der Waals surface area contributed by atoms with Crippen molar-refractivity contribution in [3.8, 4) is 11.4 Å². The number of halogens is 1. The SMILES string of the molecule is CCCOc1cn(-c2ccccc2)nc1C(=O)N1CCC(C)(CN)C1.Cl. The number of para-hydroxylation sites is 1. The minimum Gasteiger partial charge on any atom is -0.489 e. The van der Waals surface area contributed by atoms with Crippen LogP contribution in [0.25, 0.3) is 5.69 Å². The molecule has 1 atom stereocenters. The summed E-state index contributed by atoms with van der Waals surface area (Å²) in [7, 11) is 0. The Morgan fingerprint density at radius 2 is 2.08 bits per heavy atom. The van der Waals surface area contributed by atoms with Gasteiger partial charge in [0.05, 0.1) is 18.5 Å². The summed E-state index contributed by atoms with van der Waals surface area (Å²) >= 11 is 0. The summed E-state index contributed by atoms with van der Waals surface area (Å²) in [5.41, 5.74) is 7.12. The molecule has 6 nitrogen and oxygen atoms in total. The molecule has 1 aliphatic rings. The summed E-state index contributed by atoms with van der Waals surface area (Å²) in [5.74, 6) is 0.454. The number of ether oxygens (including phenoxy) is 1. The normalized spacial score (nSPS) is 19.3. The van der Waals surface area contributed by atoms with Crippen LogP contribution in [0.5, 0.6) is 5.75 Å². The Bertz CT molecular complexity index is 734. The Labute approximate surface area is 160 Å². The lowest BCUT2D eigenvalue weighted by Crippen LogP contribution is -2.34. The average molecular weight is 379 g/mol. The third-order valence-electron chi connectivity index (χ3n) is 4.70. The summed E-state index contributed by atoms with van der Waals surface area (Å²) in [5, 5.41) is 4.52. The quantitative estimate of drug-likeness (QED) is 0.838. The van der Waals surface area contributed by atoms with Crippen LogP contribution >= 0.6 is 12.4 Å². The number of rotatable bonds is 6. The van der Waals surface area contributed by atoms with E-state index in [1.807, 2.05) is 42.2 Å². The number of carbonyl (C=O) groups excluding carboxylic acids is 1. The predicted octanol–water partition coefficient (Wildman–Crippen LogP) is 2.89. The predicted molar refractivity (Wildman–Crippen MR) is 104 cm³/mol. The van der Waals surface area contributed by atoms with Gasteiger partial charge in [-0.2, -0.15) is 5.10 Å². The number of carbonyl (C=O) groups is 1. The van der Waals surface area contributed by atoms with Crippen LogP contribution < -0.4 is 10.5 Å². The summed E-state index contributed by atoms with van der Waals surface area (Å²) in [6.45, 7) is 6.66. The zero-order valence-corrected chi connectivity index (χ0v) is 16.2. The second-order valence-corrected chi connectivity index (χ2v) is 6.96. The van der Waals surface area contributed by atoms with E-state index in [4.69, 9.17) is 10.5 Å². The fraction of sp³-hybridized carbons (Fsp3) is 0.474. The average Bonchev–Trinajstić information content (AvgIpc) is 3.25. The Morgan fingerprint density at radius 1 is 1.35 bits per heavy atom. The highest BCUT2D eigenvalue weighted by Gasteiger charge is 2.37. The number of nitrogens with zero attached hydrogens (tertiary/aromatic N) is 3. The van der Waals surface area contributed by atoms with Crippen molar-refractivity contribution in [2.24, 2.45) is 11.1 Å². The molecule has 2 aromatic rings. The maximum atomic E-state index is 13.0. The number of hydrogen-bond donors (Lipinski definition) is 1. The van der Waals surface area contributed by atoms with Gasteiger partial charge in [-0.3, -0.25) is 4.79 Å². The molecule has 26 heavy (non-hydrogen) atoms. The fourth-order valence-corrected chi connectivity index (χ4v) is 3.05. The molecule has 7 heteroatoms. The first-order valence-electron chi connectivity index (χ1n) is 8.83. The van der Waals surface area contributed by atoms with E-state index in [1.54, 1.807) is 10.9 Å². The number of benzene rings is 1. The molecule has 2 N–H and O–H groups in total. The molecule has 142 valence electrons. The summed E-state index contributed by atoms with van der Waals surface area (Å²) < 4.78 is 7.50. The molecule has 1 aliphatic heterocycles. The molecule has 3 rings (SSSR count). The van der Waals surface area contributed by atoms with E-state index in [9.17, 15) is 4.79 Å². The van der Waals surface area contributed by atoms with Gasteiger partial charge in [0.25, 0.3) is 5.91 Å². The molecule has 1 fully saturated rings. The summed E-state index contributed by atoms with van der Waals surface area (Å²) in [4.78, 5) is 14.8. The molecule has 0 bridgehead atoms. The van der Waals surface area contributed by atoms with Crippen LogP contribution in [-0.2, 0) is 0 Å². The minimum atomic E-state index is -0.0852. The van der Waals surface area contributed by atoms with Crippen LogP contribution in [-0.4, -0.2) is 46.8 Å². The van der Waals surface area contributed by atoms with E-state index in [2.05, 4.69) is 12.0 Å². The highest BCUT2D eigenvalue weighted by Crippen LogP contribution is 2.31. The van der Waals surface area contributed by atoms with Gasteiger partial charge < -0.3 is 15.4 Å². The van der Waals surface area contributed by atoms with Gasteiger partial charge in [0, 0.05) is 13.1 Å². The smallest absolute Gasteiger partial charge is 0.278 e. The van der Waals surface area contributed by atoms with E-state index in [-0.39, 0.29) is 23.7 Å². The Kier molecular flexibility index (Phi) is 6.67. The maximum absolute atomic E-state index is 13.0. The standard InChI is InChI=1S/C19H26N4O2.ClH/c1-3-11-25-16-12-23(15-7-5-4-6-8-15)21-17(16)18(24)22-10-9-19(2,13-20)14-22;/h4-8,12H,3,9-11,13-14,20H2,1-2H3;1H. The maximum Gasteiger partial charge on any atom is 0.278 e. The fourth-order valence-electron chi connectivity index (χ4n) is 3.05. The van der Waals surface area contributed by atoms with Gasteiger partial charge in [-0.1, -0.05) is 32.0 Å². The molecule has 1 aromatic heterocycles. The summed E-state index contributed by atoms with van der Waals surface area (Å²) in [6, 6.07) is 9.74. The van der Waals surface area contributed by atoms with Gasteiger partial charge in [0.2, 0.25) is 0 Å². The van der Waals surface area contributed by atoms with Gasteiger partial charge in [0.15, 0.2) is 11.4 Å². The van der Waals surface area contributed by atoms with Crippen LogP contribution in [0.15, 0.2) is 36.5 Å². The van der Waals surface area contributed by atoms with E-state index in [1.165, 1.54) is 0 Å². The molecule has 0 aliphatic carbocycles. The topological polar surface area (TPSA) is 73.4 Å². The summed E-state index contributed by atoms with van der Waals surface area (Å²) in [6.07, 6.45) is 3.58. The van der Waals surface area contributed by atoms with E-state index < -0.39 is 0 Å². The first kappa shape index (κ1) is 20.3. The number of amides is 1. The first-order valence-corrected chi connectivity index (χ1v) is 8.83. The van der Waals surface area contributed by atoms with Gasteiger partial charge in [-0.05, 0) is 36.9 Å². The van der Waals surface area contributed by atoms with Crippen LogP contribution in [0.3, 0.4) is 0 Å². The molecule has 0 radical (unpaired) electrons. The monoisotopic (exact) mass is 378 g/mol.